The van der Waals surface area contributed by atoms with Crippen LogP contribution < -0.4 is 10.3 Å². The Morgan fingerprint density at radius 2 is 1.56 bits per heavy atom. The number of rotatable bonds is 16. The summed E-state index contributed by atoms with van der Waals surface area (Å²) in [5, 5.41) is 10.00. The summed E-state index contributed by atoms with van der Waals surface area (Å²) in [5.41, 5.74) is 3.77. The van der Waals surface area contributed by atoms with Crippen molar-refractivity contribution in [3.05, 3.63) is 112 Å². The molecule has 0 unspecified atom stereocenters. The fraction of sp³-hybridized carbons (Fsp3) is 0.405. The maximum Gasteiger partial charge on any atom is 0.303 e. The van der Waals surface area contributed by atoms with Gasteiger partial charge in [0, 0.05) is 31.0 Å². The zero-order valence-corrected chi connectivity index (χ0v) is 28.3. The molecule has 45 heavy (non-hydrogen) atoms. The number of carboxylic acid groups (broad SMARTS) is 1. The summed E-state index contributed by atoms with van der Waals surface area (Å²) in [6.45, 7) is 13.9. The van der Waals surface area contributed by atoms with Crippen LogP contribution in [0.1, 0.15) is 69.2 Å². The van der Waals surface area contributed by atoms with Crippen molar-refractivity contribution < 1.29 is 19.1 Å². The predicted octanol–water partition coefficient (Wildman–Crippen LogP) is 8.32. The highest BCUT2D eigenvalue weighted by Gasteiger charge is 2.40. The number of aromatic amines is 1. The van der Waals surface area contributed by atoms with Gasteiger partial charge in [0.2, 0.25) is 5.56 Å². The van der Waals surface area contributed by atoms with Gasteiger partial charge in [-0.25, -0.2) is 0 Å². The minimum absolute atomic E-state index is 0.00477. The van der Waals surface area contributed by atoms with Gasteiger partial charge in [-0.2, -0.15) is 0 Å². The summed E-state index contributed by atoms with van der Waals surface area (Å²) in [4.78, 5) is 29.1. The fourth-order valence-corrected chi connectivity index (χ4v) is 6.48. The van der Waals surface area contributed by atoms with Crippen LogP contribution in [0.5, 0.6) is 5.75 Å². The first-order chi connectivity index (χ1) is 21.4. The van der Waals surface area contributed by atoms with Crippen LogP contribution in [0, 0.1) is 0 Å². The lowest BCUT2D eigenvalue weighted by molar-refractivity contribution is -0.137. The van der Waals surface area contributed by atoms with E-state index in [9.17, 15) is 9.59 Å². The standard InChI is InChI=1S/C37H48N2O5Si/c1-37(2,3)45(4,5)44-33(26-39(24-14-8-13-19-35(41)42)25-28-15-9-6-10-16-28)30-20-22-32(36-31(30)21-23-34(40)38-36)43-27-29-17-11-7-12-18-29/h6-7,9-12,15-18,20-23,33H,8,13-14,19,24-27H2,1-5H3,(H,38,40)(H,41,42)/t33-/m0/s1. The Morgan fingerprint density at radius 1 is 0.889 bits per heavy atom. The quantitative estimate of drug-likeness (QED) is 0.0958. The summed E-state index contributed by atoms with van der Waals surface area (Å²) in [5.74, 6) is -0.124. The van der Waals surface area contributed by atoms with Crippen molar-refractivity contribution in [3.63, 3.8) is 0 Å². The zero-order chi connectivity index (χ0) is 32.5. The SMILES string of the molecule is CC(C)(C)[Si](C)(C)O[C@@H](CN(CCCCCC(=O)O)Cc1ccccc1)c1ccc(OCc2ccccc2)c2[nH]c(=O)ccc12. The minimum atomic E-state index is -2.23. The summed E-state index contributed by atoms with van der Waals surface area (Å²) in [6, 6.07) is 27.9. The molecular weight excluding hydrogens is 581 g/mol. The van der Waals surface area contributed by atoms with Gasteiger partial charge < -0.3 is 19.3 Å². The first-order valence-corrected chi connectivity index (χ1v) is 18.8. The van der Waals surface area contributed by atoms with Gasteiger partial charge in [0.1, 0.15) is 12.4 Å². The molecule has 0 bridgehead atoms. The Balaban J connectivity index is 1.70. The maximum absolute atomic E-state index is 12.6. The van der Waals surface area contributed by atoms with E-state index in [-0.39, 0.29) is 23.1 Å². The average molecular weight is 629 g/mol. The number of nitrogens with zero attached hydrogens (tertiary/aromatic N) is 1. The smallest absolute Gasteiger partial charge is 0.303 e. The van der Waals surface area contributed by atoms with Gasteiger partial charge in [0.05, 0.1) is 11.6 Å². The van der Waals surface area contributed by atoms with Crippen LogP contribution in [0.4, 0.5) is 0 Å². The lowest BCUT2D eigenvalue weighted by Crippen LogP contribution is -2.44. The highest BCUT2D eigenvalue weighted by atomic mass is 28.4. The van der Waals surface area contributed by atoms with Gasteiger partial charge >= 0.3 is 5.97 Å². The number of hydrogen-bond donors (Lipinski definition) is 2. The number of hydrogen-bond acceptors (Lipinski definition) is 5. The molecule has 7 nitrogen and oxygen atoms in total. The number of carbonyl (C=O) groups is 1. The number of benzene rings is 3. The molecule has 0 aliphatic carbocycles. The van der Waals surface area contributed by atoms with E-state index in [0.29, 0.717) is 30.8 Å². The lowest BCUT2D eigenvalue weighted by Gasteiger charge is -2.41. The number of fused-ring (bicyclic) bond motifs is 1. The number of aromatic nitrogens is 1. The normalized spacial score (nSPS) is 12.8. The van der Waals surface area contributed by atoms with E-state index < -0.39 is 14.3 Å². The van der Waals surface area contributed by atoms with Crippen LogP contribution in [-0.2, 0) is 22.4 Å². The molecule has 4 rings (SSSR count). The van der Waals surface area contributed by atoms with E-state index in [4.69, 9.17) is 14.3 Å². The van der Waals surface area contributed by atoms with Crippen LogP contribution in [0.25, 0.3) is 10.9 Å². The Hall–Kier alpha value is -3.72. The summed E-state index contributed by atoms with van der Waals surface area (Å²) >= 11 is 0. The molecule has 0 spiro atoms. The highest BCUT2D eigenvalue weighted by Crippen LogP contribution is 2.42. The third kappa shape index (κ3) is 9.88. The number of nitrogens with one attached hydrogen (secondary N) is 1. The molecule has 0 fully saturated rings. The van der Waals surface area contributed by atoms with Crippen molar-refractivity contribution in [2.24, 2.45) is 0 Å². The van der Waals surface area contributed by atoms with Gasteiger partial charge in [-0.05, 0) is 66.3 Å². The van der Waals surface area contributed by atoms with Gasteiger partial charge in [-0.15, -0.1) is 0 Å². The van der Waals surface area contributed by atoms with Gasteiger partial charge in [-0.3, -0.25) is 14.5 Å². The van der Waals surface area contributed by atoms with Crippen molar-refractivity contribution in [2.75, 3.05) is 13.1 Å². The molecular formula is C37H48N2O5Si. The third-order valence-electron chi connectivity index (χ3n) is 8.76. The van der Waals surface area contributed by atoms with E-state index in [0.717, 1.165) is 42.4 Å². The van der Waals surface area contributed by atoms with Crippen molar-refractivity contribution in [3.8, 4) is 5.75 Å². The highest BCUT2D eigenvalue weighted by molar-refractivity contribution is 6.74. The molecule has 4 aromatic rings. The molecule has 0 saturated carbocycles. The second-order valence-corrected chi connectivity index (χ2v) is 18.1. The second kappa shape index (κ2) is 15.5. The van der Waals surface area contributed by atoms with Crippen molar-refractivity contribution in [1.29, 1.82) is 0 Å². The summed E-state index contributed by atoms with van der Waals surface area (Å²) in [7, 11) is -2.23. The summed E-state index contributed by atoms with van der Waals surface area (Å²) < 4.78 is 13.5. The Morgan fingerprint density at radius 3 is 2.20 bits per heavy atom. The van der Waals surface area contributed by atoms with E-state index in [1.807, 2.05) is 48.5 Å². The predicted molar refractivity (Wildman–Crippen MR) is 184 cm³/mol. The molecule has 0 radical (unpaired) electrons. The Bertz CT molecular complexity index is 1580. The number of ether oxygens (including phenoxy) is 1. The van der Waals surface area contributed by atoms with Crippen LogP contribution in [0.3, 0.4) is 0 Å². The Labute approximate surface area is 268 Å². The van der Waals surface area contributed by atoms with Crippen LogP contribution in [0.15, 0.2) is 89.7 Å². The third-order valence-corrected chi connectivity index (χ3v) is 13.2. The number of unbranched alkanes of at least 4 members (excludes halogenated alkanes) is 2. The molecule has 0 saturated heterocycles. The molecule has 1 aromatic heterocycles. The second-order valence-electron chi connectivity index (χ2n) is 13.3. The topological polar surface area (TPSA) is 91.9 Å². The number of pyridine rings is 1. The molecule has 0 aliphatic rings. The molecule has 3 aromatic carbocycles. The molecule has 0 amide bonds. The number of carboxylic acids is 1. The molecule has 240 valence electrons. The van der Waals surface area contributed by atoms with E-state index in [2.05, 4.69) is 74.1 Å². The monoisotopic (exact) mass is 628 g/mol. The van der Waals surface area contributed by atoms with E-state index in [1.165, 1.54) is 5.56 Å². The number of aliphatic carboxylic acids is 1. The van der Waals surface area contributed by atoms with Crippen LogP contribution >= 0.6 is 0 Å². The fourth-order valence-electron chi connectivity index (χ4n) is 5.22. The largest absolute Gasteiger partial charge is 0.487 e. The summed E-state index contributed by atoms with van der Waals surface area (Å²) in [6.07, 6.45) is 2.35. The van der Waals surface area contributed by atoms with Crippen LogP contribution in [-0.4, -0.2) is 42.4 Å². The van der Waals surface area contributed by atoms with E-state index >= 15 is 0 Å². The molecule has 2 N–H and O–H groups in total. The van der Waals surface area contributed by atoms with Crippen molar-refractivity contribution >= 4 is 25.2 Å². The average Bonchev–Trinajstić information content (AvgIpc) is 2.99. The van der Waals surface area contributed by atoms with Gasteiger partial charge in [0.15, 0.2) is 8.32 Å². The van der Waals surface area contributed by atoms with Crippen LogP contribution in [0.2, 0.25) is 18.1 Å². The number of H-pyrrole nitrogens is 1. The minimum Gasteiger partial charge on any atom is -0.487 e. The molecule has 8 heteroatoms. The van der Waals surface area contributed by atoms with Gasteiger partial charge in [0.25, 0.3) is 0 Å². The van der Waals surface area contributed by atoms with Crippen molar-refractivity contribution in [2.45, 2.75) is 83.8 Å². The maximum atomic E-state index is 12.6. The molecule has 0 aliphatic heterocycles. The zero-order valence-electron chi connectivity index (χ0n) is 27.3. The first-order valence-electron chi connectivity index (χ1n) is 15.9. The lowest BCUT2D eigenvalue weighted by atomic mass is 10.0. The first kappa shape index (κ1) is 34.2. The van der Waals surface area contributed by atoms with Crippen molar-refractivity contribution in [1.82, 2.24) is 9.88 Å². The van der Waals surface area contributed by atoms with E-state index in [1.54, 1.807) is 6.07 Å². The molecule has 1 atom stereocenters. The Kier molecular flexibility index (Phi) is 11.8. The molecule has 1 heterocycles. The van der Waals surface area contributed by atoms with Gasteiger partial charge in [-0.1, -0.05) is 93.9 Å².